The molecule has 0 saturated carbocycles. The normalized spacial score (nSPS) is 11.4. The number of ether oxygens (including phenoxy) is 1. The molecule has 0 fully saturated rings. The quantitative estimate of drug-likeness (QED) is 0.803. The van der Waals surface area contributed by atoms with Crippen LogP contribution in [0.4, 0.5) is 0 Å². The number of aryl methyl sites for hydroxylation is 1. The van der Waals surface area contributed by atoms with Crippen molar-refractivity contribution in [2.45, 2.75) is 26.9 Å². The van der Waals surface area contributed by atoms with E-state index in [1.54, 1.807) is 0 Å². The van der Waals surface area contributed by atoms with Gasteiger partial charge in [0.25, 0.3) is 5.89 Å². The van der Waals surface area contributed by atoms with Gasteiger partial charge in [-0.15, -0.1) is 16.4 Å². The predicted octanol–water partition coefficient (Wildman–Crippen LogP) is 3.34. The number of rotatable bonds is 3. The zero-order valence-corrected chi connectivity index (χ0v) is 12.2. The van der Waals surface area contributed by atoms with Gasteiger partial charge in [-0.3, -0.25) is 0 Å². The lowest BCUT2D eigenvalue weighted by molar-refractivity contribution is 0.247. The third-order valence-corrected chi connectivity index (χ3v) is 3.99. The first-order valence-corrected chi connectivity index (χ1v) is 7.12. The van der Waals surface area contributed by atoms with Gasteiger partial charge < -0.3 is 9.15 Å². The Labute approximate surface area is 119 Å². The van der Waals surface area contributed by atoms with E-state index in [1.165, 1.54) is 11.3 Å². The first-order chi connectivity index (χ1) is 9.56. The molecule has 1 N–H and O–H groups in total. The van der Waals surface area contributed by atoms with Crippen LogP contribution in [0.5, 0.6) is 5.75 Å². The maximum absolute atomic E-state index is 11.2. The van der Waals surface area contributed by atoms with E-state index in [2.05, 4.69) is 10.2 Å². The Morgan fingerprint density at radius 2 is 2.20 bits per heavy atom. The van der Waals surface area contributed by atoms with E-state index in [9.17, 15) is 4.79 Å². The summed E-state index contributed by atoms with van der Waals surface area (Å²) in [6, 6.07) is 6.05. The summed E-state index contributed by atoms with van der Waals surface area (Å²) >= 11 is 1.51. The second-order valence-electron chi connectivity index (χ2n) is 4.79. The monoisotopic (exact) mass is 290 g/mol. The van der Waals surface area contributed by atoms with Crippen LogP contribution in [0.3, 0.4) is 0 Å². The lowest BCUT2D eigenvalue weighted by Gasteiger charge is -2.10. The highest BCUT2D eigenvalue weighted by Crippen LogP contribution is 2.45. The van der Waals surface area contributed by atoms with E-state index in [1.807, 2.05) is 39.0 Å². The van der Waals surface area contributed by atoms with Crippen molar-refractivity contribution >= 4 is 21.4 Å². The van der Waals surface area contributed by atoms with Crippen molar-refractivity contribution in [2.24, 2.45) is 0 Å². The average Bonchev–Trinajstić information content (AvgIpc) is 2.94. The summed E-state index contributed by atoms with van der Waals surface area (Å²) in [5.41, 5.74) is 1.12. The number of fused-ring (bicyclic) bond motifs is 1. The zero-order valence-electron chi connectivity index (χ0n) is 11.4. The Morgan fingerprint density at radius 3 is 2.85 bits per heavy atom. The van der Waals surface area contributed by atoms with Gasteiger partial charge in [0.05, 0.1) is 6.10 Å². The Balaban J connectivity index is 2.30. The van der Waals surface area contributed by atoms with Crippen LogP contribution in [-0.4, -0.2) is 16.3 Å². The van der Waals surface area contributed by atoms with Gasteiger partial charge in [-0.25, -0.2) is 9.89 Å². The lowest BCUT2D eigenvalue weighted by atomic mass is 10.1. The minimum atomic E-state index is -0.565. The van der Waals surface area contributed by atoms with Crippen LogP contribution in [0.1, 0.15) is 19.4 Å². The van der Waals surface area contributed by atoms with Crippen LogP contribution < -0.4 is 10.5 Å². The molecule has 0 unspecified atom stereocenters. The third-order valence-electron chi connectivity index (χ3n) is 2.87. The van der Waals surface area contributed by atoms with Gasteiger partial charge in [0.2, 0.25) is 0 Å². The Hall–Kier alpha value is -2.08. The van der Waals surface area contributed by atoms with Crippen molar-refractivity contribution in [3.05, 3.63) is 34.3 Å². The number of nitrogens with zero attached hydrogens (tertiary/aromatic N) is 1. The molecule has 0 aliphatic heterocycles. The van der Waals surface area contributed by atoms with Crippen LogP contribution in [0.2, 0.25) is 0 Å². The van der Waals surface area contributed by atoms with E-state index in [4.69, 9.17) is 9.15 Å². The van der Waals surface area contributed by atoms with Gasteiger partial charge in [-0.2, -0.15) is 0 Å². The molecule has 3 rings (SSSR count). The molecule has 0 atom stereocenters. The van der Waals surface area contributed by atoms with Gasteiger partial charge in [0.1, 0.15) is 4.88 Å². The largest absolute Gasteiger partial charge is 0.489 e. The first kappa shape index (κ1) is 12.9. The SMILES string of the molecule is Cc1cccc2sc(-c3n[nH]c(=O)o3)c(OC(C)C)c12. The van der Waals surface area contributed by atoms with Gasteiger partial charge in [0.15, 0.2) is 5.75 Å². The smallest absolute Gasteiger partial charge is 0.434 e. The van der Waals surface area contributed by atoms with Crippen molar-refractivity contribution < 1.29 is 9.15 Å². The lowest BCUT2D eigenvalue weighted by Crippen LogP contribution is -2.06. The van der Waals surface area contributed by atoms with Crippen molar-refractivity contribution in [1.29, 1.82) is 0 Å². The Kier molecular flexibility index (Phi) is 3.10. The van der Waals surface area contributed by atoms with E-state index >= 15 is 0 Å². The van der Waals surface area contributed by atoms with Gasteiger partial charge in [-0.1, -0.05) is 12.1 Å². The minimum Gasteiger partial charge on any atom is -0.489 e. The van der Waals surface area contributed by atoms with Crippen LogP contribution >= 0.6 is 11.3 Å². The average molecular weight is 290 g/mol. The number of hydrogen-bond acceptors (Lipinski definition) is 5. The number of nitrogens with one attached hydrogen (secondary N) is 1. The molecule has 0 saturated heterocycles. The fourth-order valence-electron chi connectivity index (χ4n) is 2.10. The molecule has 0 amide bonds. The molecular weight excluding hydrogens is 276 g/mol. The van der Waals surface area contributed by atoms with Crippen molar-refractivity contribution in [2.75, 3.05) is 0 Å². The highest BCUT2D eigenvalue weighted by atomic mass is 32.1. The predicted molar refractivity (Wildman–Crippen MR) is 78.4 cm³/mol. The van der Waals surface area contributed by atoms with Crippen LogP contribution in [0.25, 0.3) is 20.9 Å². The van der Waals surface area contributed by atoms with Crippen LogP contribution in [0.15, 0.2) is 27.4 Å². The van der Waals surface area contributed by atoms with Crippen LogP contribution in [-0.2, 0) is 0 Å². The summed E-state index contributed by atoms with van der Waals surface area (Å²) in [6.07, 6.45) is 0.0248. The van der Waals surface area contributed by atoms with Crippen molar-refractivity contribution in [3.8, 4) is 16.5 Å². The number of H-pyrrole nitrogens is 1. The van der Waals surface area contributed by atoms with Crippen molar-refractivity contribution in [1.82, 2.24) is 10.2 Å². The minimum absolute atomic E-state index is 0.0248. The highest BCUT2D eigenvalue weighted by molar-refractivity contribution is 7.22. The van der Waals surface area contributed by atoms with E-state index < -0.39 is 5.76 Å². The molecule has 3 aromatic rings. The molecule has 1 aromatic carbocycles. The Morgan fingerprint density at radius 1 is 1.40 bits per heavy atom. The number of thiophene rings is 1. The van der Waals surface area contributed by atoms with E-state index in [0.717, 1.165) is 26.3 Å². The van der Waals surface area contributed by atoms with Crippen molar-refractivity contribution in [3.63, 3.8) is 0 Å². The summed E-state index contributed by atoms with van der Waals surface area (Å²) in [7, 11) is 0. The topological polar surface area (TPSA) is 68.1 Å². The Bertz CT molecular complexity index is 813. The third kappa shape index (κ3) is 2.12. The molecule has 2 aromatic heterocycles. The first-order valence-electron chi connectivity index (χ1n) is 6.31. The fraction of sp³-hybridized carbons (Fsp3) is 0.286. The molecule has 0 aliphatic carbocycles. The molecule has 6 heteroatoms. The fourth-order valence-corrected chi connectivity index (χ4v) is 3.24. The molecule has 0 aliphatic rings. The van der Waals surface area contributed by atoms with Gasteiger partial charge in [-0.05, 0) is 32.4 Å². The zero-order chi connectivity index (χ0) is 14.3. The molecule has 0 bridgehead atoms. The molecule has 5 nitrogen and oxygen atoms in total. The van der Waals surface area contributed by atoms with E-state index in [0.29, 0.717) is 0 Å². The summed E-state index contributed by atoms with van der Waals surface area (Å²) < 4.78 is 12.1. The number of hydrogen-bond donors (Lipinski definition) is 1. The molecular formula is C14H14N2O3S. The van der Waals surface area contributed by atoms with Gasteiger partial charge in [0, 0.05) is 10.1 Å². The van der Waals surface area contributed by atoms with Crippen LogP contribution in [0, 0.1) is 6.92 Å². The van der Waals surface area contributed by atoms with E-state index in [-0.39, 0.29) is 12.0 Å². The molecule has 0 spiro atoms. The maximum atomic E-state index is 11.2. The second-order valence-corrected chi connectivity index (χ2v) is 5.85. The summed E-state index contributed by atoms with van der Waals surface area (Å²) in [4.78, 5) is 11.9. The van der Waals surface area contributed by atoms with Gasteiger partial charge >= 0.3 is 5.76 Å². The molecule has 2 heterocycles. The second kappa shape index (κ2) is 4.79. The number of benzene rings is 1. The molecule has 0 radical (unpaired) electrons. The standard InChI is InChI=1S/C14H14N2O3S/c1-7(2)18-11-10-8(3)5-4-6-9(10)20-12(11)13-15-16-14(17)19-13/h4-7H,1-3H3,(H,16,17). The molecule has 104 valence electrons. The number of aromatic amines is 1. The summed E-state index contributed by atoms with van der Waals surface area (Å²) in [5.74, 6) is 0.435. The maximum Gasteiger partial charge on any atom is 0.434 e. The number of aromatic nitrogens is 2. The molecule has 20 heavy (non-hydrogen) atoms. The highest BCUT2D eigenvalue weighted by Gasteiger charge is 2.21. The summed E-state index contributed by atoms with van der Waals surface area (Å²) in [6.45, 7) is 5.96. The summed E-state index contributed by atoms with van der Waals surface area (Å²) in [5, 5.41) is 7.24.